The third-order valence-electron chi connectivity index (χ3n) is 4.67. The summed E-state index contributed by atoms with van der Waals surface area (Å²) in [6.07, 6.45) is 1.80. The molecule has 0 saturated carbocycles. The van der Waals surface area contributed by atoms with Gasteiger partial charge >= 0.3 is 5.97 Å². The predicted molar refractivity (Wildman–Crippen MR) is 113 cm³/mol. The lowest BCUT2D eigenvalue weighted by molar-refractivity contribution is -0.136. The summed E-state index contributed by atoms with van der Waals surface area (Å²) in [4.78, 5) is 31.8. The Labute approximate surface area is 174 Å². The Bertz CT molecular complexity index is 1280. The molecule has 3 aromatic rings. The van der Waals surface area contributed by atoms with E-state index in [9.17, 15) is 9.59 Å². The fourth-order valence-electron chi connectivity index (χ4n) is 3.34. The van der Waals surface area contributed by atoms with Gasteiger partial charge in [0.1, 0.15) is 11.8 Å². The number of hydrogen-bond acceptors (Lipinski definition) is 7. The molecule has 148 valence electrons. The van der Waals surface area contributed by atoms with Gasteiger partial charge in [-0.15, -0.1) is 11.3 Å². The highest BCUT2D eigenvalue weighted by Crippen LogP contribution is 2.33. The molecule has 0 saturated heterocycles. The molecular formula is C21H18N2O4S2. The van der Waals surface area contributed by atoms with Crippen LogP contribution in [0.3, 0.4) is 0 Å². The van der Waals surface area contributed by atoms with Gasteiger partial charge < -0.3 is 9.47 Å². The van der Waals surface area contributed by atoms with Gasteiger partial charge in [-0.1, -0.05) is 35.6 Å². The molecular weight excluding hydrogens is 408 g/mol. The molecule has 3 heterocycles. The van der Waals surface area contributed by atoms with Gasteiger partial charge in [0, 0.05) is 10.4 Å². The topological polar surface area (TPSA) is 69.9 Å². The van der Waals surface area contributed by atoms with Gasteiger partial charge in [0.25, 0.3) is 5.56 Å². The molecule has 1 aliphatic rings. The Morgan fingerprint density at radius 1 is 1.21 bits per heavy atom. The van der Waals surface area contributed by atoms with Crippen LogP contribution in [0.1, 0.15) is 23.4 Å². The van der Waals surface area contributed by atoms with Crippen LogP contribution in [0.2, 0.25) is 0 Å². The number of ether oxygens (including phenoxy) is 2. The van der Waals surface area contributed by atoms with Crippen molar-refractivity contribution in [3.8, 4) is 5.75 Å². The lowest BCUT2D eigenvalue weighted by Gasteiger charge is -2.22. The van der Waals surface area contributed by atoms with Gasteiger partial charge in [0.05, 0.1) is 30.0 Å². The van der Waals surface area contributed by atoms with Crippen molar-refractivity contribution in [3.63, 3.8) is 0 Å². The number of thiophene rings is 1. The summed E-state index contributed by atoms with van der Waals surface area (Å²) in [7, 11) is 2.93. The van der Waals surface area contributed by atoms with Crippen LogP contribution in [0.15, 0.2) is 62.8 Å². The molecule has 2 aromatic heterocycles. The summed E-state index contributed by atoms with van der Waals surface area (Å²) in [5, 5.41) is 1.92. The fraction of sp³-hybridized carbons (Fsp3) is 0.190. The third kappa shape index (κ3) is 3.34. The van der Waals surface area contributed by atoms with E-state index in [-0.39, 0.29) is 5.56 Å². The SMILES string of the molecule is COC(=O)C1=C(C)N=c2s/c(=C\c3ccccc3OC)c(=O)n2C1c1cccs1. The minimum atomic E-state index is -0.557. The molecule has 1 atom stereocenters. The number of fused-ring (bicyclic) bond motifs is 1. The van der Waals surface area contributed by atoms with Crippen LogP contribution >= 0.6 is 22.7 Å². The van der Waals surface area contributed by atoms with Gasteiger partial charge in [-0.05, 0) is 30.5 Å². The normalized spacial score (nSPS) is 16.4. The van der Waals surface area contributed by atoms with Gasteiger partial charge in [-0.25, -0.2) is 9.79 Å². The molecule has 6 nitrogen and oxygen atoms in total. The largest absolute Gasteiger partial charge is 0.496 e. The first kappa shape index (κ1) is 19.4. The number of rotatable bonds is 4. The van der Waals surface area contributed by atoms with Crippen LogP contribution in [-0.4, -0.2) is 24.8 Å². The van der Waals surface area contributed by atoms with Crippen molar-refractivity contribution in [2.45, 2.75) is 13.0 Å². The van der Waals surface area contributed by atoms with E-state index in [1.165, 1.54) is 29.8 Å². The minimum absolute atomic E-state index is 0.202. The first-order chi connectivity index (χ1) is 14.0. The molecule has 0 aliphatic carbocycles. The van der Waals surface area contributed by atoms with Crippen LogP contribution in [-0.2, 0) is 9.53 Å². The van der Waals surface area contributed by atoms with E-state index < -0.39 is 12.0 Å². The van der Waals surface area contributed by atoms with E-state index >= 15 is 0 Å². The monoisotopic (exact) mass is 426 g/mol. The number of carbonyl (C=O) groups is 1. The molecule has 4 rings (SSSR count). The van der Waals surface area contributed by atoms with E-state index in [1.54, 1.807) is 24.7 Å². The highest BCUT2D eigenvalue weighted by molar-refractivity contribution is 7.10. The molecule has 1 aromatic carbocycles. The highest BCUT2D eigenvalue weighted by Gasteiger charge is 2.33. The molecule has 29 heavy (non-hydrogen) atoms. The van der Waals surface area contributed by atoms with Crippen molar-refractivity contribution in [1.82, 2.24) is 4.57 Å². The Morgan fingerprint density at radius 3 is 2.69 bits per heavy atom. The first-order valence-electron chi connectivity index (χ1n) is 8.82. The molecule has 0 fully saturated rings. The van der Waals surface area contributed by atoms with E-state index in [0.717, 1.165) is 10.4 Å². The van der Waals surface area contributed by atoms with Gasteiger partial charge in [0.15, 0.2) is 4.80 Å². The van der Waals surface area contributed by atoms with Crippen molar-refractivity contribution < 1.29 is 14.3 Å². The number of methoxy groups -OCH3 is 2. The Hall–Kier alpha value is -2.97. The zero-order valence-electron chi connectivity index (χ0n) is 16.0. The number of allylic oxidation sites excluding steroid dienone is 1. The van der Waals surface area contributed by atoms with Crippen molar-refractivity contribution in [3.05, 3.63) is 83.2 Å². The van der Waals surface area contributed by atoms with Crippen LogP contribution in [0, 0.1) is 0 Å². The maximum absolute atomic E-state index is 13.4. The zero-order valence-corrected chi connectivity index (χ0v) is 17.7. The van der Waals surface area contributed by atoms with Crippen molar-refractivity contribution >= 4 is 34.7 Å². The zero-order chi connectivity index (χ0) is 20.5. The lowest BCUT2D eigenvalue weighted by atomic mass is 10.0. The molecule has 0 radical (unpaired) electrons. The summed E-state index contributed by atoms with van der Waals surface area (Å²) in [5.74, 6) is 0.197. The molecule has 1 unspecified atom stereocenters. The molecule has 1 aliphatic heterocycles. The quantitative estimate of drug-likeness (QED) is 0.601. The number of esters is 1. The van der Waals surface area contributed by atoms with Gasteiger partial charge in [-0.2, -0.15) is 0 Å². The Morgan fingerprint density at radius 2 is 2.00 bits per heavy atom. The van der Waals surface area contributed by atoms with Crippen molar-refractivity contribution in [2.24, 2.45) is 4.99 Å². The lowest BCUT2D eigenvalue weighted by Crippen LogP contribution is -2.39. The number of thiazole rings is 1. The Balaban J connectivity index is 1.98. The average molecular weight is 427 g/mol. The standard InChI is InChI=1S/C21H18N2O4S2/c1-12-17(20(25)27-3)18(15-9-6-10-28-15)23-19(24)16(29-21(23)22-12)11-13-7-4-5-8-14(13)26-2/h4-11,18H,1-3H3/b16-11-. The van der Waals surface area contributed by atoms with Gasteiger partial charge in [-0.3, -0.25) is 9.36 Å². The number of aromatic nitrogens is 1. The number of hydrogen-bond donors (Lipinski definition) is 0. The second-order valence-corrected chi connectivity index (χ2v) is 8.32. The maximum atomic E-state index is 13.4. The van der Waals surface area contributed by atoms with E-state index in [0.29, 0.717) is 26.4 Å². The average Bonchev–Trinajstić information content (AvgIpc) is 3.36. The van der Waals surface area contributed by atoms with Crippen LogP contribution in [0.4, 0.5) is 0 Å². The fourth-order valence-corrected chi connectivity index (χ4v) is 5.20. The number of benzene rings is 1. The van der Waals surface area contributed by atoms with Crippen molar-refractivity contribution in [2.75, 3.05) is 14.2 Å². The number of carbonyl (C=O) groups excluding carboxylic acids is 1. The molecule has 0 bridgehead atoms. The van der Waals surface area contributed by atoms with E-state index in [2.05, 4.69) is 4.99 Å². The second kappa shape index (κ2) is 7.81. The predicted octanol–water partition coefficient (Wildman–Crippen LogP) is 2.48. The second-order valence-electron chi connectivity index (χ2n) is 6.33. The first-order valence-corrected chi connectivity index (χ1v) is 10.5. The van der Waals surface area contributed by atoms with Crippen molar-refractivity contribution in [1.29, 1.82) is 0 Å². The highest BCUT2D eigenvalue weighted by atomic mass is 32.1. The summed E-state index contributed by atoms with van der Waals surface area (Å²) < 4.78 is 12.5. The van der Waals surface area contributed by atoms with Gasteiger partial charge in [0.2, 0.25) is 0 Å². The number of nitrogens with zero attached hydrogens (tertiary/aromatic N) is 2. The smallest absolute Gasteiger partial charge is 0.338 e. The molecule has 0 N–H and O–H groups in total. The maximum Gasteiger partial charge on any atom is 0.338 e. The summed E-state index contributed by atoms with van der Waals surface area (Å²) >= 11 is 2.78. The van der Waals surface area contributed by atoms with E-state index in [4.69, 9.17) is 9.47 Å². The van der Waals surface area contributed by atoms with E-state index in [1.807, 2.05) is 41.8 Å². The summed E-state index contributed by atoms with van der Waals surface area (Å²) in [5.41, 5.74) is 1.54. The Kier molecular flexibility index (Phi) is 5.21. The molecule has 0 spiro atoms. The van der Waals surface area contributed by atoms with Crippen LogP contribution < -0.4 is 19.6 Å². The summed E-state index contributed by atoms with van der Waals surface area (Å²) in [6, 6.07) is 10.7. The molecule has 0 amide bonds. The third-order valence-corrected chi connectivity index (χ3v) is 6.57. The van der Waals surface area contributed by atoms with Crippen LogP contribution in [0.25, 0.3) is 6.08 Å². The number of para-hydroxylation sites is 1. The molecule has 8 heteroatoms. The van der Waals surface area contributed by atoms with Crippen LogP contribution in [0.5, 0.6) is 5.75 Å². The minimum Gasteiger partial charge on any atom is -0.496 e. The summed E-state index contributed by atoms with van der Waals surface area (Å²) in [6.45, 7) is 1.77.